The van der Waals surface area contributed by atoms with Crippen molar-refractivity contribution in [1.82, 2.24) is 15.5 Å². The predicted molar refractivity (Wildman–Crippen MR) is 63.9 cm³/mol. The van der Waals surface area contributed by atoms with E-state index in [4.69, 9.17) is 0 Å². The highest BCUT2D eigenvalue weighted by molar-refractivity contribution is 5.78. The van der Waals surface area contributed by atoms with Gasteiger partial charge in [-0.3, -0.25) is 9.69 Å². The summed E-state index contributed by atoms with van der Waals surface area (Å²) >= 11 is 0. The average Bonchev–Trinajstić information content (AvgIpc) is 2.14. The van der Waals surface area contributed by atoms with Gasteiger partial charge in [-0.25, -0.2) is 0 Å². The van der Waals surface area contributed by atoms with Crippen molar-refractivity contribution < 1.29 is 4.79 Å². The van der Waals surface area contributed by atoms with E-state index in [-0.39, 0.29) is 5.91 Å². The molecule has 0 aliphatic heterocycles. The number of hydrogen-bond donors (Lipinski definition) is 2. The van der Waals surface area contributed by atoms with Crippen molar-refractivity contribution in [3.8, 4) is 0 Å². The zero-order valence-corrected chi connectivity index (χ0v) is 10.5. The largest absolute Gasteiger partial charge is 0.353 e. The second-order valence-corrected chi connectivity index (χ2v) is 4.10. The van der Waals surface area contributed by atoms with E-state index in [1.165, 1.54) is 0 Å². The van der Waals surface area contributed by atoms with E-state index in [9.17, 15) is 4.79 Å². The normalized spacial score (nSPS) is 12.9. The third kappa shape index (κ3) is 8.39. The minimum absolute atomic E-state index is 0.120. The van der Waals surface area contributed by atoms with Crippen molar-refractivity contribution in [2.45, 2.75) is 32.7 Å². The lowest BCUT2D eigenvalue weighted by Crippen LogP contribution is -2.41. The number of nitrogens with one attached hydrogen (secondary N) is 2. The quantitative estimate of drug-likeness (QED) is 0.617. The third-order valence-electron chi connectivity index (χ3n) is 2.29. The fraction of sp³-hybridized carbons (Fsp3) is 0.909. The van der Waals surface area contributed by atoms with Gasteiger partial charge in [-0.05, 0) is 27.4 Å². The van der Waals surface area contributed by atoms with Gasteiger partial charge in [0.1, 0.15) is 0 Å². The van der Waals surface area contributed by atoms with Gasteiger partial charge in [0, 0.05) is 19.1 Å². The summed E-state index contributed by atoms with van der Waals surface area (Å²) in [5.74, 6) is 0.120. The Hall–Kier alpha value is -0.610. The van der Waals surface area contributed by atoms with Crippen LogP contribution in [0.15, 0.2) is 0 Å². The molecule has 2 N–H and O–H groups in total. The number of hydrogen-bond acceptors (Lipinski definition) is 3. The molecule has 0 aliphatic rings. The summed E-state index contributed by atoms with van der Waals surface area (Å²) < 4.78 is 0. The van der Waals surface area contributed by atoms with Crippen LogP contribution in [0.1, 0.15) is 26.7 Å². The number of likely N-dealkylation sites (N-methyl/N-ethyl adjacent to an activating group) is 2. The van der Waals surface area contributed by atoms with Crippen LogP contribution >= 0.6 is 0 Å². The van der Waals surface area contributed by atoms with E-state index < -0.39 is 0 Å². The van der Waals surface area contributed by atoms with Crippen molar-refractivity contribution in [2.24, 2.45) is 0 Å². The van der Waals surface area contributed by atoms with Gasteiger partial charge in [0.15, 0.2) is 0 Å². The highest BCUT2D eigenvalue weighted by Gasteiger charge is 2.08. The molecule has 1 atom stereocenters. The van der Waals surface area contributed by atoms with Gasteiger partial charge in [-0.15, -0.1) is 0 Å². The van der Waals surface area contributed by atoms with Crippen molar-refractivity contribution in [2.75, 3.05) is 33.7 Å². The summed E-state index contributed by atoms with van der Waals surface area (Å²) in [5.41, 5.74) is 0. The van der Waals surface area contributed by atoms with E-state index in [2.05, 4.69) is 24.5 Å². The fourth-order valence-electron chi connectivity index (χ4n) is 1.45. The smallest absolute Gasteiger partial charge is 0.234 e. The van der Waals surface area contributed by atoms with Crippen molar-refractivity contribution in [3.05, 3.63) is 0 Å². The maximum Gasteiger partial charge on any atom is 0.234 e. The Balaban J connectivity index is 3.63. The Morgan fingerprint density at radius 3 is 2.67 bits per heavy atom. The molecule has 0 bridgehead atoms. The number of rotatable bonds is 8. The molecule has 0 heterocycles. The Bertz CT molecular complexity index is 173. The van der Waals surface area contributed by atoms with Crippen molar-refractivity contribution >= 4 is 5.91 Å². The fourth-order valence-corrected chi connectivity index (χ4v) is 1.45. The summed E-state index contributed by atoms with van der Waals surface area (Å²) in [7, 11) is 3.87. The SMILES string of the molecule is CCCC(C)NC(=O)CN(C)CCNC. The van der Waals surface area contributed by atoms with Gasteiger partial charge in [0.05, 0.1) is 6.54 Å². The lowest BCUT2D eigenvalue weighted by atomic mass is 10.2. The molecule has 0 fully saturated rings. The second-order valence-electron chi connectivity index (χ2n) is 4.10. The van der Waals surface area contributed by atoms with Gasteiger partial charge < -0.3 is 10.6 Å². The van der Waals surface area contributed by atoms with Crippen LogP contribution in [0, 0.1) is 0 Å². The lowest BCUT2D eigenvalue weighted by molar-refractivity contribution is -0.122. The summed E-state index contributed by atoms with van der Waals surface area (Å²) in [6, 6.07) is 0.292. The number of amides is 1. The summed E-state index contributed by atoms with van der Waals surface area (Å²) in [4.78, 5) is 13.5. The molecule has 0 aromatic heterocycles. The Morgan fingerprint density at radius 1 is 1.47 bits per heavy atom. The molecule has 90 valence electrons. The molecule has 0 aliphatic carbocycles. The zero-order valence-electron chi connectivity index (χ0n) is 10.5. The monoisotopic (exact) mass is 215 g/mol. The molecule has 1 amide bonds. The Labute approximate surface area is 93.4 Å². The molecule has 0 saturated heterocycles. The van der Waals surface area contributed by atoms with Crippen LogP contribution in [0.3, 0.4) is 0 Å². The molecule has 0 radical (unpaired) electrons. The second kappa shape index (κ2) is 8.68. The Kier molecular flexibility index (Phi) is 8.33. The highest BCUT2D eigenvalue weighted by atomic mass is 16.2. The zero-order chi connectivity index (χ0) is 11.7. The molecule has 0 aromatic rings. The molecule has 0 saturated carbocycles. The number of nitrogens with zero attached hydrogens (tertiary/aromatic N) is 1. The highest BCUT2D eigenvalue weighted by Crippen LogP contribution is 1.94. The molecule has 1 unspecified atom stereocenters. The van der Waals surface area contributed by atoms with Crippen LogP contribution in [0.4, 0.5) is 0 Å². The van der Waals surface area contributed by atoms with E-state index in [1.807, 2.05) is 19.0 Å². The van der Waals surface area contributed by atoms with Crippen molar-refractivity contribution in [3.63, 3.8) is 0 Å². The third-order valence-corrected chi connectivity index (χ3v) is 2.29. The van der Waals surface area contributed by atoms with Gasteiger partial charge >= 0.3 is 0 Å². The van der Waals surface area contributed by atoms with Crippen molar-refractivity contribution in [1.29, 1.82) is 0 Å². The summed E-state index contributed by atoms with van der Waals surface area (Å²) in [6.07, 6.45) is 2.16. The first-order chi connectivity index (χ1) is 7.10. The van der Waals surface area contributed by atoms with E-state index >= 15 is 0 Å². The first kappa shape index (κ1) is 14.4. The molecular formula is C11H25N3O. The van der Waals surface area contributed by atoms with Crippen LogP contribution in [0.2, 0.25) is 0 Å². The maximum absolute atomic E-state index is 11.5. The van der Waals surface area contributed by atoms with Gasteiger partial charge in [-0.2, -0.15) is 0 Å². The van der Waals surface area contributed by atoms with E-state index in [0.29, 0.717) is 12.6 Å². The van der Waals surface area contributed by atoms with Crippen LogP contribution in [-0.2, 0) is 4.79 Å². The minimum Gasteiger partial charge on any atom is -0.353 e. The van der Waals surface area contributed by atoms with Crippen LogP contribution in [0.5, 0.6) is 0 Å². The summed E-state index contributed by atoms with van der Waals surface area (Å²) in [5, 5.41) is 6.05. The number of carbonyl (C=O) groups excluding carboxylic acids is 1. The van der Waals surface area contributed by atoms with E-state index in [1.54, 1.807) is 0 Å². The first-order valence-corrected chi connectivity index (χ1v) is 5.72. The Morgan fingerprint density at radius 2 is 2.13 bits per heavy atom. The standard InChI is InChI=1S/C11H25N3O/c1-5-6-10(2)13-11(15)9-14(4)8-7-12-3/h10,12H,5-9H2,1-4H3,(H,13,15). The topological polar surface area (TPSA) is 44.4 Å². The minimum atomic E-state index is 0.120. The molecule has 4 nitrogen and oxygen atoms in total. The first-order valence-electron chi connectivity index (χ1n) is 5.72. The van der Waals surface area contributed by atoms with E-state index in [0.717, 1.165) is 25.9 Å². The predicted octanol–water partition coefficient (Wildman–Crippen LogP) is 0.442. The molecule has 15 heavy (non-hydrogen) atoms. The maximum atomic E-state index is 11.5. The molecule has 4 heteroatoms. The van der Waals surface area contributed by atoms with Gasteiger partial charge in [0.25, 0.3) is 0 Å². The molecule has 0 spiro atoms. The molecular weight excluding hydrogens is 190 g/mol. The lowest BCUT2D eigenvalue weighted by Gasteiger charge is -2.18. The average molecular weight is 215 g/mol. The molecule has 0 rings (SSSR count). The van der Waals surface area contributed by atoms with Gasteiger partial charge in [-0.1, -0.05) is 13.3 Å². The van der Waals surface area contributed by atoms with Crippen LogP contribution < -0.4 is 10.6 Å². The summed E-state index contributed by atoms with van der Waals surface area (Å²) in [6.45, 7) is 6.47. The van der Waals surface area contributed by atoms with Crippen LogP contribution in [-0.4, -0.2) is 50.6 Å². The van der Waals surface area contributed by atoms with Crippen LogP contribution in [0.25, 0.3) is 0 Å². The molecule has 0 aromatic carbocycles. The number of carbonyl (C=O) groups is 1. The van der Waals surface area contributed by atoms with Gasteiger partial charge in [0.2, 0.25) is 5.91 Å².